The molecule has 24 heavy (non-hydrogen) atoms. The Morgan fingerprint density at radius 3 is 1.33 bits per heavy atom. The van der Waals surface area contributed by atoms with Crippen molar-refractivity contribution in [1.82, 2.24) is 21.3 Å². The average Bonchev–Trinajstić information content (AvgIpc) is 2.40. The molecule has 0 aromatic rings. The van der Waals surface area contributed by atoms with E-state index < -0.39 is 12.2 Å². The highest BCUT2D eigenvalue weighted by Crippen LogP contribution is 2.00. The number of carbonyl (C=O) groups is 2. The fourth-order valence-electron chi connectivity index (χ4n) is 2.71. The van der Waals surface area contributed by atoms with Gasteiger partial charge in [-0.1, -0.05) is 0 Å². The molecule has 0 rings (SSSR count). The van der Waals surface area contributed by atoms with Crippen LogP contribution in [0.1, 0.15) is 53.4 Å². The topological polar surface area (TPSA) is 123 Å². The molecule has 0 aliphatic heterocycles. The molecular formula is C16H34N4O4. The van der Waals surface area contributed by atoms with Crippen LogP contribution >= 0.6 is 0 Å². The van der Waals surface area contributed by atoms with Gasteiger partial charge in [0.1, 0.15) is 0 Å². The van der Waals surface area contributed by atoms with Crippen molar-refractivity contribution >= 4 is 12.2 Å². The van der Waals surface area contributed by atoms with Gasteiger partial charge in [-0.3, -0.25) is 0 Å². The SMILES string of the molecule is CC(CC(C)NC(=O)O)NCCCCNC(C)CC(C)NC(=O)O. The van der Waals surface area contributed by atoms with Gasteiger partial charge >= 0.3 is 12.2 Å². The first-order chi connectivity index (χ1) is 11.2. The monoisotopic (exact) mass is 346 g/mol. The molecule has 142 valence electrons. The van der Waals surface area contributed by atoms with E-state index in [9.17, 15) is 9.59 Å². The minimum absolute atomic E-state index is 0.0612. The molecule has 0 radical (unpaired) electrons. The minimum Gasteiger partial charge on any atom is -0.465 e. The van der Waals surface area contributed by atoms with Crippen LogP contribution in [0.4, 0.5) is 9.59 Å². The van der Waals surface area contributed by atoms with Crippen molar-refractivity contribution in [3.8, 4) is 0 Å². The van der Waals surface area contributed by atoms with Gasteiger partial charge in [-0.2, -0.15) is 0 Å². The normalized spacial score (nSPS) is 16.0. The molecule has 0 aromatic heterocycles. The zero-order valence-electron chi connectivity index (χ0n) is 15.3. The molecule has 0 heterocycles. The Kier molecular flexibility index (Phi) is 12.0. The highest BCUT2D eigenvalue weighted by atomic mass is 16.4. The first kappa shape index (κ1) is 22.5. The van der Waals surface area contributed by atoms with Gasteiger partial charge < -0.3 is 31.5 Å². The zero-order valence-corrected chi connectivity index (χ0v) is 15.3. The Bertz CT molecular complexity index is 334. The molecule has 0 saturated carbocycles. The van der Waals surface area contributed by atoms with E-state index in [1.165, 1.54) is 0 Å². The fraction of sp³-hybridized carbons (Fsp3) is 0.875. The van der Waals surface area contributed by atoms with E-state index in [1.807, 2.05) is 13.8 Å². The predicted octanol–water partition coefficient (Wildman–Crippen LogP) is 1.82. The molecule has 0 aliphatic carbocycles. The Balaban J connectivity index is 3.58. The zero-order chi connectivity index (χ0) is 18.5. The molecule has 8 heteroatoms. The van der Waals surface area contributed by atoms with Gasteiger partial charge in [-0.15, -0.1) is 0 Å². The molecule has 8 nitrogen and oxygen atoms in total. The maximum atomic E-state index is 10.5. The summed E-state index contributed by atoms with van der Waals surface area (Å²) in [6.45, 7) is 9.62. The van der Waals surface area contributed by atoms with Gasteiger partial charge in [0.25, 0.3) is 0 Å². The first-order valence-corrected chi connectivity index (χ1v) is 8.66. The molecule has 0 fully saturated rings. The Morgan fingerprint density at radius 2 is 1.04 bits per heavy atom. The van der Waals surface area contributed by atoms with E-state index in [2.05, 4.69) is 35.1 Å². The summed E-state index contributed by atoms with van der Waals surface area (Å²) in [6, 6.07) is 0.409. The van der Waals surface area contributed by atoms with Gasteiger partial charge in [0.2, 0.25) is 0 Å². The highest BCUT2D eigenvalue weighted by Gasteiger charge is 2.11. The van der Waals surface area contributed by atoms with Crippen LogP contribution in [-0.2, 0) is 0 Å². The number of carboxylic acid groups (broad SMARTS) is 2. The molecule has 0 saturated heterocycles. The highest BCUT2D eigenvalue weighted by molar-refractivity contribution is 5.65. The third-order valence-electron chi connectivity index (χ3n) is 3.74. The van der Waals surface area contributed by atoms with E-state index in [0.29, 0.717) is 0 Å². The third kappa shape index (κ3) is 14.1. The number of hydrogen-bond donors (Lipinski definition) is 6. The predicted molar refractivity (Wildman–Crippen MR) is 94.6 cm³/mol. The van der Waals surface area contributed by atoms with Gasteiger partial charge in [0, 0.05) is 24.2 Å². The minimum atomic E-state index is -0.984. The molecule has 2 amide bonds. The third-order valence-corrected chi connectivity index (χ3v) is 3.74. The van der Waals surface area contributed by atoms with Crippen LogP contribution in [0, 0.1) is 0 Å². The summed E-state index contributed by atoms with van der Waals surface area (Å²) in [6.07, 6.45) is 1.62. The summed E-state index contributed by atoms with van der Waals surface area (Å²) >= 11 is 0. The van der Waals surface area contributed by atoms with Crippen LogP contribution in [0.2, 0.25) is 0 Å². The number of rotatable bonds is 13. The van der Waals surface area contributed by atoms with E-state index in [-0.39, 0.29) is 24.2 Å². The quantitative estimate of drug-likeness (QED) is 0.283. The van der Waals surface area contributed by atoms with Crippen LogP contribution in [-0.4, -0.2) is 59.7 Å². The Hall–Kier alpha value is -1.54. The summed E-state index contributed by atoms with van der Waals surface area (Å²) in [4.78, 5) is 21.1. The largest absolute Gasteiger partial charge is 0.465 e. The van der Waals surface area contributed by atoms with Crippen LogP contribution < -0.4 is 21.3 Å². The van der Waals surface area contributed by atoms with Crippen LogP contribution in [0.5, 0.6) is 0 Å². The second-order valence-electron chi connectivity index (χ2n) is 6.59. The molecule has 0 aromatic carbocycles. The lowest BCUT2D eigenvalue weighted by molar-refractivity contribution is 0.188. The lowest BCUT2D eigenvalue weighted by Gasteiger charge is -2.19. The molecule has 4 atom stereocenters. The second kappa shape index (κ2) is 12.8. The van der Waals surface area contributed by atoms with Crippen molar-refractivity contribution in [3.63, 3.8) is 0 Å². The van der Waals surface area contributed by atoms with Crippen LogP contribution in [0.15, 0.2) is 0 Å². The second-order valence-corrected chi connectivity index (χ2v) is 6.59. The van der Waals surface area contributed by atoms with Crippen molar-refractivity contribution in [2.75, 3.05) is 13.1 Å². The van der Waals surface area contributed by atoms with Crippen molar-refractivity contribution < 1.29 is 19.8 Å². The van der Waals surface area contributed by atoms with Crippen molar-refractivity contribution in [3.05, 3.63) is 0 Å². The standard InChI is InChI=1S/C16H34N4O4/c1-11(9-13(3)19-15(21)22)17-7-5-6-8-18-12(2)10-14(4)20-16(23)24/h11-14,17-20H,5-10H2,1-4H3,(H,21,22)(H,23,24). The molecule has 4 unspecified atom stereocenters. The maximum absolute atomic E-state index is 10.5. The molecule has 6 N–H and O–H groups in total. The first-order valence-electron chi connectivity index (χ1n) is 8.66. The lowest BCUT2D eigenvalue weighted by Crippen LogP contribution is -2.38. The smallest absolute Gasteiger partial charge is 0.404 e. The van der Waals surface area contributed by atoms with E-state index in [0.717, 1.165) is 38.8 Å². The van der Waals surface area contributed by atoms with E-state index in [1.54, 1.807) is 0 Å². The Morgan fingerprint density at radius 1 is 0.708 bits per heavy atom. The van der Waals surface area contributed by atoms with Gasteiger partial charge in [-0.25, -0.2) is 9.59 Å². The molecular weight excluding hydrogens is 312 g/mol. The maximum Gasteiger partial charge on any atom is 0.404 e. The fourth-order valence-corrected chi connectivity index (χ4v) is 2.71. The van der Waals surface area contributed by atoms with Crippen molar-refractivity contribution in [1.29, 1.82) is 0 Å². The molecule has 0 spiro atoms. The summed E-state index contributed by atoms with van der Waals surface area (Å²) in [5.74, 6) is 0. The van der Waals surface area contributed by atoms with Gasteiger partial charge in [0.05, 0.1) is 0 Å². The summed E-state index contributed by atoms with van der Waals surface area (Å²) < 4.78 is 0. The van der Waals surface area contributed by atoms with Crippen LogP contribution in [0.25, 0.3) is 0 Å². The molecule has 0 bridgehead atoms. The average molecular weight is 346 g/mol. The van der Waals surface area contributed by atoms with E-state index >= 15 is 0 Å². The summed E-state index contributed by atoms with van der Waals surface area (Å²) in [5, 5.41) is 29.0. The summed E-state index contributed by atoms with van der Waals surface area (Å²) in [7, 11) is 0. The number of nitrogens with one attached hydrogen (secondary N) is 4. The van der Waals surface area contributed by atoms with Crippen molar-refractivity contribution in [2.24, 2.45) is 0 Å². The van der Waals surface area contributed by atoms with E-state index in [4.69, 9.17) is 10.2 Å². The van der Waals surface area contributed by atoms with Gasteiger partial charge in [-0.05, 0) is 66.5 Å². The lowest BCUT2D eigenvalue weighted by atomic mass is 10.1. The van der Waals surface area contributed by atoms with Gasteiger partial charge in [0.15, 0.2) is 0 Å². The van der Waals surface area contributed by atoms with Crippen molar-refractivity contribution in [2.45, 2.75) is 77.5 Å². The number of unbranched alkanes of at least 4 members (excludes halogenated alkanes) is 1. The van der Waals surface area contributed by atoms with Crippen LogP contribution in [0.3, 0.4) is 0 Å². The molecule has 0 aliphatic rings. The number of hydrogen-bond acceptors (Lipinski definition) is 4. The summed E-state index contributed by atoms with van der Waals surface area (Å²) in [5.41, 5.74) is 0. The Labute approximate surface area is 144 Å². The number of amides is 2.